The minimum atomic E-state index is 0.646. The number of benzene rings is 1. The molecule has 0 fully saturated rings. The van der Waals surface area contributed by atoms with Crippen LogP contribution < -0.4 is 0 Å². The second-order valence-corrected chi connectivity index (χ2v) is 3.69. The molecule has 0 spiro atoms. The first-order valence-electron chi connectivity index (χ1n) is 5.10. The Kier molecular flexibility index (Phi) is 4.33. The van der Waals surface area contributed by atoms with Crippen LogP contribution in [0.15, 0.2) is 29.8 Å². The Hall–Kier alpha value is -2.03. The molecule has 0 heterocycles. The first-order valence-corrected chi connectivity index (χ1v) is 5.10. The Morgan fingerprint density at radius 2 is 2.25 bits per heavy atom. The fraction of sp³-hybridized carbons (Fsp3) is 0.200. The molecule has 0 radical (unpaired) electrons. The highest BCUT2D eigenvalue weighted by molar-refractivity contribution is 5.59. The lowest BCUT2D eigenvalue weighted by molar-refractivity contribution is 0.566. The van der Waals surface area contributed by atoms with Crippen LogP contribution in [-0.4, -0.2) is 5.94 Å². The van der Waals surface area contributed by atoms with E-state index in [4.69, 9.17) is 6.42 Å². The van der Waals surface area contributed by atoms with Gasteiger partial charge in [0.05, 0.1) is 0 Å². The standard InChI is InChI=1S/C15H14O/c1-4-5-7-14-8-6-9-15(13(14)3)10-12(2)11-16/h1,5-9H,10H2,2-3H3/b7-5-. The minimum absolute atomic E-state index is 0.646. The van der Waals surface area contributed by atoms with Crippen molar-refractivity contribution >= 4 is 12.0 Å². The van der Waals surface area contributed by atoms with E-state index in [9.17, 15) is 4.79 Å². The van der Waals surface area contributed by atoms with Gasteiger partial charge in [0.1, 0.15) is 5.94 Å². The highest BCUT2D eigenvalue weighted by atomic mass is 16.1. The molecule has 0 unspecified atom stereocenters. The summed E-state index contributed by atoms with van der Waals surface area (Å²) in [5.41, 5.74) is 4.10. The van der Waals surface area contributed by atoms with E-state index in [0.717, 1.165) is 16.7 Å². The van der Waals surface area contributed by atoms with E-state index in [2.05, 4.69) is 5.92 Å². The van der Waals surface area contributed by atoms with Crippen molar-refractivity contribution in [3.8, 4) is 12.3 Å². The molecule has 0 bridgehead atoms. The van der Waals surface area contributed by atoms with Crippen molar-refractivity contribution in [1.29, 1.82) is 0 Å². The van der Waals surface area contributed by atoms with Gasteiger partial charge in [-0.3, -0.25) is 0 Å². The molecule has 0 aliphatic carbocycles. The predicted molar refractivity (Wildman–Crippen MR) is 67.6 cm³/mol. The van der Waals surface area contributed by atoms with Crippen molar-refractivity contribution in [2.75, 3.05) is 0 Å². The van der Waals surface area contributed by atoms with Gasteiger partial charge < -0.3 is 0 Å². The molecule has 0 aromatic heterocycles. The first-order chi connectivity index (χ1) is 7.69. The maximum Gasteiger partial charge on any atom is 0.123 e. The van der Waals surface area contributed by atoms with Crippen molar-refractivity contribution < 1.29 is 4.79 Å². The van der Waals surface area contributed by atoms with E-state index >= 15 is 0 Å². The van der Waals surface area contributed by atoms with Crippen LogP contribution in [0.2, 0.25) is 0 Å². The van der Waals surface area contributed by atoms with Crippen molar-refractivity contribution in [3.05, 3.63) is 46.5 Å². The zero-order chi connectivity index (χ0) is 12.0. The molecule has 16 heavy (non-hydrogen) atoms. The Bertz CT molecular complexity index is 495. The molecular formula is C15H14O. The van der Waals surface area contributed by atoms with Crippen LogP contribution in [0.5, 0.6) is 0 Å². The Morgan fingerprint density at radius 3 is 2.88 bits per heavy atom. The van der Waals surface area contributed by atoms with Gasteiger partial charge in [0.2, 0.25) is 0 Å². The second kappa shape index (κ2) is 5.75. The van der Waals surface area contributed by atoms with Crippen LogP contribution >= 0.6 is 0 Å². The van der Waals surface area contributed by atoms with E-state index in [1.807, 2.05) is 37.1 Å². The average Bonchev–Trinajstić information content (AvgIpc) is 2.30. The highest BCUT2D eigenvalue weighted by Gasteiger charge is 2.02. The Balaban J connectivity index is 3.09. The second-order valence-electron chi connectivity index (χ2n) is 3.69. The molecule has 0 N–H and O–H groups in total. The van der Waals surface area contributed by atoms with E-state index in [1.165, 1.54) is 0 Å². The number of rotatable bonds is 3. The summed E-state index contributed by atoms with van der Waals surface area (Å²) < 4.78 is 0. The third-order valence-electron chi connectivity index (χ3n) is 2.48. The van der Waals surface area contributed by atoms with Crippen LogP contribution in [0.4, 0.5) is 0 Å². The summed E-state index contributed by atoms with van der Waals surface area (Å²) in [7, 11) is 0. The van der Waals surface area contributed by atoms with Gasteiger partial charge in [0.15, 0.2) is 0 Å². The third-order valence-corrected chi connectivity index (χ3v) is 2.48. The van der Waals surface area contributed by atoms with Crippen molar-refractivity contribution in [2.45, 2.75) is 20.3 Å². The Labute approximate surface area is 96.5 Å². The quantitative estimate of drug-likeness (QED) is 0.553. The van der Waals surface area contributed by atoms with E-state index in [0.29, 0.717) is 12.0 Å². The van der Waals surface area contributed by atoms with Crippen LogP contribution in [0, 0.1) is 19.3 Å². The zero-order valence-corrected chi connectivity index (χ0v) is 9.58. The van der Waals surface area contributed by atoms with Gasteiger partial charge >= 0.3 is 0 Å². The zero-order valence-electron chi connectivity index (χ0n) is 9.58. The fourth-order valence-corrected chi connectivity index (χ4v) is 1.54. The van der Waals surface area contributed by atoms with Gasteiger partial charge in [-0.2, -0.15) is 0 Å². The van der Waals surface area contributed by atoms with E-state index in [1.54, 1.807) is 13.0 Å². The highest BCUT2D eigenvalue weighted by Crippen LogP contribution is 2.17. The van der Waals surface area contributed by atoms with Crippen LogP contribution in [0.3, 0.4) is 0 Å². The third kappa shape index (κ3) is 2.98. The summed E-state index contributed by atoms with van der Waals surface area (Å²) in [6.45, 7) is 3.82. The van der Waals surface area contributed by atoms with Crippen molar-refractivity contribution in [3.63, 3.8) is 0 Å². The molecule has 1 heteroatoms. The molecule has 1 rings (SSSR count). The summed E-state index contributed by atoms with van der Waals surface area (Å²) in [5.74, 6) is 4.39. The van der Waals surface area contributed by atoms with Gasteiger partial charge in [0.25, 0.3) is 0 Å². The molecule has 0 amide bonds. The first kappa shape index (κ1) is 12.0. The lowest BCUT2D eigenvalue weighted by atomic mass is 9.97. The number of carbonyl (C=O) groups excluding carboxylic acids is 1. The molecule has 0 aliphatic rings. The lowest BCUT2D eigenvalue weighted by Crippen LogP contribution is -1.93. The van der Waals surface area contributed by atoms with E-state index < -0.39 is 0 Å². The molecule has 1 nitrogen and oxygen atoms in total. The molecular weight excluding hydrogens is 196 g/mol. The Morgan fingerprint density at radius 1 is 1.50 bits per heavy atom. The maximum absolute atomic E-state index is 10.5. The molecule has 80 valence electrons. The van der Waals surface area contributed by atoms with Gasteiger partial charge in [-0.25, -0.2) is 4.79 Å². The van der Waals surface area contributed by atoms with Gasteiger partial charge in [-0.15, -0.1) is 6.42 Å². The van der Waals surface area contributed by atoms with E-state index in [-0.39, 0.29) is 0 Å². The molecule has 0 aliphatic heterocycles. The van der Waals surface area contributed by atoms with Gasteiger partial charge in [0, 0.05) is 12.0 Å². The molecule has 1 aromatic carbocycles. The topological polar surface area (TPSA) is 17.1 Å². The van der Waals surface area contributed by atoms with Gasteiger partial charge in [-0.05, 0) is 42.7 Å². The molecule has 1 aromatic rings. The van der Waals surface area contributed by atoms with Crippen LogP contribution in [-0.2, 0) is 11.2 Å². The molecule has 0 atom stereocenters. The predicted octanol–water partition coefficient (Wildman–Crippen LogP) is 2.96. The summed E-state index contributed by atoms with van der Waals surface area (Å²) >= 11 is 0. The molecule has 0 saturated carbocycles. The average molecular weight is 210 g/mol. The van der Waals surface area contributed by atoms with Crippen molar-refractivity contribution in [1.82, 2.24) is 0 Å². The summed E-state index contributed by atoms with van der Waals surface area (Å²) in [5, 5.41) is 0. The summed E-state index contributed by atoms with van der Waals surface area (Å²) in [6.07, 6.45) is 9.40. The minimum Gasteiger partial charge on any atom is -0.234 e. The SMILES string of the molecule is C#C/C=C\c1cccc(CC(C)=C=O)c1C. The van der Waals surface area contributed by atoms with Gasteiger partial charge in [-0.1, -0.05) is 24.1 Å². The number of hydrogen-bond acceptors (Lipinski definition) is 1. The maximum atomic E-state index is 10.5. The van der Waals surface area contributed by atoms with Crippen molar-refractivity contribution in [2.24, 2.45) is 0 Å². The number of terminal acetylenes is 1. The summed E-state index contributed by atoms with van der Waals surface area (Å²) in [4.78, 5) is 10.5. The molecule has 0 saturated heterocycles. The smallest absolute Gasteiger partial charge is 0.123 e. The largest absolute Gasteiger partial charge is 0.234 e. The summed E-state index contributed by atoms with van der Waals surface area (Å²) in [6, 6.07) is 5.99. The number of allylic oxidation sites excluding steroid dienone is 2. The number of hydrogen-bond donors (Lipinski definition) is 0. The monoisotopic (exact) mass is 210 g/mol. The van der Waals surface area contributed by atoms with Crippen LogP contribution in [0.1, 0.15) is 23.6 Å². The normalized spacial score (nSPS) is 9.81. The van der Waals surface area contributed by atoms with Crippen LogP contribution in [0.25, 0.3) is 6.08 Å². The fourth-order valence-electron chi connectivity index (χ4n) is 1.54. The lowest BCUT2D eigenvalue weighted by Gasteiger charge is -2.07.